The molecule has 3 unspecified atom stereocenters. The van der Waals surface area contributed by atoms with Crippen molar-refractivity contribution in [2.75, 3.05) is 19.6 Å². The van der Waals surface area contributed by atoms with E-state index in [1.807, 2.05) is 39.8 Å². The molecule has 1 aliphatic rings. The second-order valence-electron chi connectivity index (χ2n) is 14.9. The van der Waals surface area contributed by atoms with Gasteiger partial charge in [-0.25, -0.2) is 14.4 Å². The summed E-state index contributed by atoms with van der Waals surface area (Å²) in [6.07, 6.45) is -0.408. The first-order chi connectivity index (χ1) is 20.5. The quantitative estimate of drug-likeness (QED) is 0.261. The van der Waals surface area contributed by atoms with Gasteiger partial charge >= 0.3 is 18.1 Å². The van der Waals surface area contributed by atoms with Gasteiger partial charge in [-0.15, -0.1) is 0 Å². The molecule has 0 spiro atoms. The Hall–Kier alpha value is -3.05. The number of likely N-dealkylation sites (tertiary alicyclic amines) is 1. The number of amides is 4. The van der Waals surface area contributed by atoms with Gasteiger partial charge in [-0.1, -0.05) is 65.3 Å². The molecule has 2 rings (SSSR count). The van der Waals surface area contributed by atoms with Crippen LogP contribution in [-0.4, -0.2) is 76.9 Å². The van der Waals surface area contributed by atoms with Crippen LogP contribution in [0.3, 0.4) is 0 Å². The van der Waals surface area contributed by atoms with Gasteiger partial charge in [0.1, 0.15) is 23.3 Å². The molecule has 11 nitrogen and oxygen atoms in total. The molecule has 1 fully saturated rings. The average Bonchev–Trinajstić information content (AvgIpc) is 2.89. The summed E-state index contributed by atoms with van der Waals surface area (Å²) in [6.45, 7) is 20.1. The van der Waals surface area contributed by atoms with Crippen LogP contribution in [0, 0.1) is 17.3 Å². The highest BCUT2D eigenvalue weighted by molar-refractivity contribution is 6.30. The van der Waals surface area contributed by atoms with Gasteiger partial charge in [-0.2, -0.15) is 0 Å². The number of piperidine rings is 1. The van der Waals surface area contributed by atoms with Crippen LogP contribution in [0.4, 0.5) is 9.59 Å². The molecule has 1 aromatic rings. The van der Waals surface area contributed by atoms with Crippen molar-refractivity contribution in [2.24, 2.45) is 17.3 Å². The zero-order valence-corrected chi connectivity index (χ0v) is 29.4. The predicted molar refractivity (Wildman–Crippen MR) is 174 cm³/mol. The molecule has 4 N–H and O–H groups in total. The number of hydrogen-bond donors (Lipinski definition) is 4. The van der Waals surface area contributed by atoms with E-state index in [1.165, 1.54) is 0 Å². The van der Waals surface area contributed by atoms with Crippen LogP contribution < -0.4 is 16.0 Å². The molecule has 45 heavy (non-hydrogen) atoms. The van der Waals surface area contributed by atoms with E-state index < -0.39 is 52.4 Å². The second kappa shape index (κ2) is 14.6. The summed E-state index contributed by atoms with van der Waals surface area (Å²) in [7, 11) is 0. The summed E-state index contributed by atoms with van der Waals surface area (Å²) >= 11 is 6.05. The van der Waals surface area contributed by atoms with Gasteiger partial charge in [0.25, 0.3) is 0 Å². The number of aliphatic hydroxyl groups is 1. The van der Waals surface area contributed by atoms with Crippen molar-refractivity contribution in [3.05, 3.63) is 34.9 Å². The first-order valence-electron chi connectivity index (χ1n) is 15.5. The van der Waals surface area contributed by atoms with Crippen LogP contribution in [0.2, 0.25) is 5.02 Å². The van der Waals surface area contributed by atoms with E-state index in [4.69, 9.17) is 21.1 Å². The Kier molecular flexibility index (Phi) is 12.4. The molecule has 1 heterocycles. The summed E-state index contributed by atoms with van der Waals surface area (Å²) in [5.41, 5.74) is -2.96. The van der Waals surface area contributed by atoms with E-state index >= 15 is 0 Å². The maximum absolute atomic E-state index is 13.7. The normalized spacial score (nSPS) is 19.8. The number of nitrogens with one attached hydrogen (secondary N) is 3. The minimum absolute atomic E-state index is 0.0499. The Morgan fingerprint density at radius 1 is 0.933 bits per heavy atom. The lowest BCUT2D eigenvalue weighted by Crippen LogP contribution is -2.61. The number of esters is 1. The number of nitrogens with zero attached hydrogens (tertiary/aromatic N) is 1. The topological polar surface area (TPSA) is 146 Å². The molecule has 0 aromatic heterocycles. The Balaban J connectivity index is 2.02. The van der Waals surface area contributed by atoms with Crippen LogP contribution in [-0.2, 0) is 24.7 Å². The molecule has 1 aliphatic heterocycles. The predicted octanol–water partition coefficient (Wildman–Crippen LogP) is 4.98. The molecular formula is C33H53ClN4O7. The first kappa shape index (κ1) is 38.1. The zero-order valence-electron chi connectivity index (χ0n) is 28.7. The van der Waals surface area contributed by atoms with E-state index in [0.29, 0.717) is 18.0 Å². The second-order valence-corrected chi connectivity index (χ2v) is 15.3. The summed E-state index contributed by atoms with van der Waals surface area (Å²) in [5.74, 6) is -1.41. The van der Waals surface area contributed by atoms with Crippen LogP contribution in [0.15, 0.2) is 24.3 Å². The molecule has 0 aliphatic carbocycles. The number of halogens is 1. The van der Waals surface area contributed by atoms with Crippen molar-refractivity contribution in [1.82, 2.24) is 20.9 Å². The van der Waals surface area contributed by atoms with Crippen LogP contribution in [0.25, 0.3) is 0 Å². The minimum atomic E-state index is -1.16. The molecule has 3 atom stereocenters. The number of carbonyl (C=O) groups is 4. The lowest BCUT2D eigenvalue weighted by atomic mass is 9.66. The monoisotopic (exact) mass is 652 g/mol. The smallest absolute Gasteiger partial charge is 0.408 e. The Bertz CT molecular complexity index is 1210. The lowest BCUT2D eigenvalue weighted by molar-refractivity contribution is -0.159. The zero-order chi connectivity index (χ0) is 34.5. The molecule has 0 saturated carbocycles. The van der Waals surface area contributed by atoms with Crippen LogP contribution >= 0.6 is 11.6 Å². The highest BCUT2D eigenvalue weighted by Crippen LogP contribution is 2.46. The maximum atomic E-state index is 13.7. The van der Waals surface area contributed by atoms with E-state index in [-0.39, 0.29) is 30.8 Å². The van der Waals surface area contributed by atoms with E-state index in [2.05, 4.69) is 16.0 Å². The number of ether oxygens (including phenoxy) is 2. The molecule has 12 heteroatoms. The lowest BCUT2D eigenvalue weighted by Gasteiger charge is -2.51. The number of urea groups is 1. The third-order valence-electron chi connectivity index (χ3n) is 7.95. The van der Waals surface area contributed by atoms with Gasteiger partial charge in [0.15, 0.2) is 0 Å². The number of carbonyl (C=O) groups excluding carboxylic acids is 4. The molecular weight excluding hydrogens is 600 g/mol. The molecule has 0 bridgehead atoms. The minimum Gasteiger partial charge on any atom is -0.456 e. The summed E-state index contributed by atoms with van der Waals surface area (Å²) in [5, 5.41) is 20.3. The van der Waals surface area contributed by atoms with Crippen molar-refractivity contribution in [1.29, 1.82) is 0 Å². The Labute approximate surface area is 273 Å². The van der Waals surface area contributed by atoms with E-state index in [9.17, 15) is 24.3 Å². The summed E-state index contributed by atoms with van der Waals surface area (Å²) in [4.78, 5) is 53.6. The summed E-state index contributed by atoms with van der Waals surface area (Å²) < 4.78 is 10.9. The number of rotatable bonds is 10. The van der Waals surface area contributed by atoms with E-state index in [0.717, 1.165) is 5.56 Å². The van der Waals surface area contributed by atoms with Crippen molar-refractivity contribution in [3.8, 4) is 0 Å². The van der Waals surface area contributed by atoms with Gasteiger partial charge in [0.05, 0.1) is 12.1 Å². The number of hydrogen-bond acceptors (Lipinski definition) is 7. The van der Waals surface area contributed by atoms with Gasteiger partial charge in [0.2, 0.25) is 5.91 Å². The van der Waals surface area contributed by atoms with Crippen molar-refractivity contribution >= 4 is 35.6 Å². The number of alkyl carbamates (subject to hydrolysis) is 1. The van der Waals surface area contributed by atoms with Gasteiger partial charge < -0.3 is 35.4 Å². The van der Waals surface area contributed by atoms with Crippen molar-refractivity contribution in [2.45, 2.75) is 111 Å². The molecule has 1 saturated heterocycles. The molecule has 1 aromatic carbocycles. The standard InChI is InChI=1S/C33H53ClN4O7/c1-20(2)24(26(39)38-17-16-33(43,31(8,9)19-38)22-12-14-23(34)15-13-22)36-28(41)35-18-32(10,11)44-27(40)25(21(3)4)37-29(42)45-30(5,6)7/h12-15,20-21,24-25,43H,16-19H2,1-11H3,(H,37,42)(H2,35,36,41). The van der Waals surface area contributed by atoms with E-state index in [1.54, 1.807) is 65.5 Å². The van der Waals surface area contributed by atoms with Crippen molar-refractivity contribution in [3.63, 3.8) is 0 Å². The first-order valence-corrected chi connectivity index (χ1v) is 15.9. The highest BCUT2D eigenvalue weighted by Gasteiger charge is 2.50. The maximum Gasteiger partial charge on any atom is 0.408 e. The fourth-order valence-electron chi connectivity index (χ4n) is 5.27. The van der Waals surface area contributed by atoms with Crippen LogP contribution in [0.5, 0.6) is 0 Å². The van der Waals surface area contributed by atoms with Gasteiger partial charge in [-0.3, -0.25) is 4.79 Å². The third kappa shape index (κ3) is 10.5. The molecule has 0 radical (unpaired) electrons. The summed E-state index contributed by atoms with van der Waals surface area (Å²) in [6, 6.07) is 4.73. The largest absolute Gasteiger partial charge is 0.456 e. The van der Waals surface area contributed by atoms with Gasteiger partial charge in [-0.05, 0) is 70.6 Å². The fraction of sp³-hybridized carbons (Fsp3) is 0.697. The number of benzene rings is 1. The SMILES string of the molecule is CC(C)C(NC(=O)OC(C)(C)C)C(=O)OC(C)(C)CNC(=O)NC(C(=O)N1CCC(O)(c2ccc(Cl)cc2)C(C)(C)C1)C(C)C. The highest BCUT2D eigenvalue weighted by atomic mass is 35.5. The van der Waals surface area contributed by atoms with Crippen LogP contribution in [0.1, 0.15) is 88.1 Å². The molecule has 4 amide bonds. The Morgan fingerprint density at radius 2 is 1.49 bits per heavy atom. The fourth-order valence-corrected chi connectivity index (χ4v) is 5.40. The van der Waals surface area contributed by atoms with Gasteiger partial charge in [0, 0.05) is 23.5 Å². The average molecular weight is 653 g/mol. The van der Waals surface area contributed by atoms with Crippen molar-refractivity contribution < 1.29 is 33.8 Å². The Morgan fingerprint density at radius 3 is 1.98 bits per heavy atom. The third-order valence-corrected chi connectivity index (χ3v) is 8.20. The molecule has 254 valence electrons.